The molecule has 0 saturated carbocycles. The third-order valence-corrected chi connectivity index (χ3v) is 4.88. The summed E-state index contributed by atoms with van der Waals surface area (Å²) in [7, 11) is 0. The van der Waals surface area contributed by atoms with Crippen LogP contribution in [0.25, 0.3) is 0 Å². The predicted molar refractivity (Wildman–Crippen MR) is 104 cm³/mol. The van der Waals surface area contributed by atoms with Gasteiger partial charge in [0, 0.05) is 24.0 Å². The van der Waals surface area contributed by atoms with Gasteiger partial charge in [0.15, 0.2) is 0 Å². The first-order valence-corrected chi connectivity index (χ1v) is 9.42. The molecule has 0 radical (unpaired) electrons. The fourth-order valence-electron chi connectivity index (χ4n) is 3.16. The molecule has 3 rings (SSSR count). The van der Waals surface area contributed by atoms with Gasteiger partial charge in [-0.25, -0.2) is 4.79 Å². The van der Waals surface area contributed by atoms with Gasteiger partial charge in [0.25, 0.3) is 0 Å². The molecule has 7 nitrogen and oxygen atoms in total. The number of rotatable bonds is 6. The van der Waals surface area contributed by atoms with Gasteiger partial charge < -0.3 is 10.6 Å². The first-order valence-electron chi connectivity index (χ1n) is 9.04. The van der Waals surface area contributed by atoms with E-state index in [0.717, 1.165) is 16.0 Å². The van der Waals surface area contributed by atoms with E-state index in [9.17, 15) is 14.4 Å². The van der Waals surface area contributed by atoms with Crippen molar-refractivity contribution in [1.82, 2.24) is 20.5 Å². The number of pyridine rings is 1. The summed E-state index contributed by atoms with van der Waals surface area (Å²) < 4.78 is 0. The highest BCUT2D eigenvalue weighted by Crippen LogP contribution is 2.25. The van der Waals surface area contributed by atoms with Crippen molar-refractivity contribution in [3.05, 3.63) is 64.9 Å². The molecule has 1 fully saturated rings. The Hall–Kier alpha value is -2.93. The zero-order valence-electron chi connectivity index (χ0n) is 15.4. The molecule has 0 aliphatic carbocycles. The minimum atomic E-state index is -0.865. The van der Waals surface area contributed by atoms with Crippen LogP contribution in [0.5, 0.6) is 0 Å². The number of nitrogens with one attached hydrogen (secondary N) is 2. The fourth-order valence-corrected chi connectivity index (χ4v) is 3.29. The highest BCUT2D eigenvalue weighted by molar-refractivity contribution is 6.30. The Balaban J connectivity index is 1.67. The van der Waals surface area contributed by atoms with Crippen molar-refractivity contribution in [3.8, 4) is 0 Å². The molecule has 146 valence electrons. The summed E-state index contributed by atoms with van der Waals surface area (Å²) >= 11 is 5.89. The molecule has 1 aromatic carbocycles. The van der Waals surface area contributed by atoms with E-state index in [-0.39, 0.29) is 24.8 Å². The predicted octanol–water partition coefficient (Wildman–Crippen LogP) is 2.81. The van der Waals surface area contributed by atoms with Crippen LogP contribution in [0.3, 0.4) is 0 Å². The number of carbonyl (C=O) groups is 3. The average Bonchev–Trinajstić information content (AvgIpc) is 2.70. The van der Waals surface area contributed by atoms with E-state index in [4.69, 9.17) is 11.6 Å². The van der Waals surface area contributed by atoms with E-state index in [1.807, 2.05) is 6.07 Å². The standard InChI is InChI=1S/C20H21ClN4O3/c1-2-17(19(27)23-12-13-4-3-9-22-11-13)25-18(26)10-16(24-20(25)28)14-5-7-15(21)8-6-14/h3-9,11,16-17H,2,10,12H2,1H3,(H,23,27)(H,24,28). The van der Waals surface area contributed by atoms with Gasteiger partial charge in [0.1, 0.15) is 6.04 Å². The Kier molecular flexibility index (Phi) is 6.26. The van der Waals surface area contributed by atoms with Crippen LogP contribution in [0.15, 0.2) is 48.8 Å². The summed E-state index contributed by atoms with van der Waals surface area (Å²) in [5, 5.41) is 6.16. The number of urea groups is 1. The summed E-state index contributed by atoms with van der Waals surface area (Å²) in [5.74, 6) is -0.758. The summed E-state index contributed by atoms with van der Waals surface area (Å²) in [4.78, 5) is 42.9. The minimum Gasteiger partial charge on any atom is -0.350 e. The van der Waals surface area contributed by atoms with Crippen LogP contribution in [-0.2, 0) is 16.1 Å². The first kappa shape index (κ1) is 19.8. The average molecular weight is 401 g/mol. The smallest absolute Gasteiger partial charge is 0.325 e. The van der Waals surface area contributed by atoms with Crippen LogP contribution < -0.4 is 10.6 Å². The van der Waals surface area contributed by atoms with Gasteiger partial charge in [-0.1, -0.05) is 36.7 Å². The number of hydrogen-bond donors (Lipinski definition) is 2. The molecule has 0 spiro atoms. The number of aromatic nitrogens is 1. The van der Waals surface area contributed by atoms with Crippen molar-refractivity contribution >= 4 is 29.4 Å². The molecule has 2 N–H and O–H groups in total. The van der Waals surface area contributed by atoms with Crippen LogP contribution in [0.2, 0.25) is 5.02 Å². The van der Waals surface area contributed by atoms with Gasteiger partial charge in [-0.15, -0.1) is 0 Å². The third-order valence-electron chi connectivity index (χ3n) is 4.63. The lowest BCUT2D eigenvalue weighted by atomic mass is 10.00. The van der Waals surface area contributed by atoms with Crippen molar-refractivity contribution in [2.24, 2.45) is 0 Å². The maximum absolute atomic E-state index is 12.7. The lowest BCUT2D eigenvalue weighted by molar-refractivity contribution is -0.139. The van der Waals surface area contributed by atoms with E-state index in [0.29, 0.717) is 11.4 Å². The highest BCUT2D eigenvalue weighted by atomic mass is 35.5. The fraction of sp³-hybridized carbons (Fsp3) is 0.300. The van der Waals surface area contributed by atoms with E-state index in [2.05, 4.69) is 15.6 Å². The number of benzene rings is 1. The lowest BCUT2D eigenvalue weighted by Gasteiger charge is -2.35. The van der Waals surface area contributed by atoms with Crippen LogP contribution in [0.4, 0.5) is 4.79 Å². The molecule has 2 heterocycles. The van der Waals surface area contributed by atoms with Gasteiger partial charge in [-0.2, -0.15) is 0 Å². The quantitative estimate of drug-likeness (QED) is 0.780. The van der Waals surface area contributed by atoms with Crippen molar-refractivity contribution in [2.75, 3.05) is 0 Å². The summed E-state index contributed by atoms with van der Waals surface area (Å²) in [6.45, 7) is 2.04. The zero-order chi connectivity index (χ0) is 20.1. The third kappa shape index (κ3) is 4.48. The van der Waals surface area contributed by atoms with E-state index in [1.54, 1.807) is 49.6 Å². The molecular weight excluding hydrogens is 380 g/mol. The van der Waals surface area contributed by atoms with Crippen molar-refractivity contribution < 1.29 is 14.4 Å². The van der Waals surface area contributed by atoms with E-state index < -0.39 is 18.1 Å². The van der Waals surface area contributed by atoms with E-state index in [1.165, 1.54) is 0 Å². The maximum atomic E-state index is 12.7. The molecule has 8 heteroatoms. The van der Waals surface area contributed by atoms with Crippen LogP contribution in [-0.4, -0.2) is 33.8 Å². The molecule has 0 bridgehead atoms. The van der Waals surface area contributed by atoms with Gasteiger partial charge in [0.05, 0.1) is 12.5 Å². The molecule has 1 aliphatic heterocycles. The molecular formula is C20H21ClN4O3. The maximum Gasteiger partial charge on any atom is 0.325 e. The summed E-state index contributed by atoms with van der Waals surface area (Å²) in [6, 6.07) is 8.70. The van der Waals surface area contributed by atoms with Gasteiger partial charge >= 0.3 is 6.03 Å². The number of nitrogens with zero attached hydrogens (tertiary/aromatic N) is 2. The number of imide groups is 1. The molecule has 4 amide bonds. The van der Waals surface area contributed by atoms with Crippen molar-refractivity contribution in [2.45, 2.75) is 38.4 Å². The van der Waals surface area contributed by atoms with Gasteiger partial charge in [-0.3, -0.25) is 19.5 Å². The first-order chi connectivity index (χ1) is 13.5. The highest BCUT2D eigenvalue weighted by Gasteiger charge is 2.39. The second-order valence-corrected chi connectivity index (χ2v) is 6.96. The largest absolute Gasteiger partial charge is 0.350 e. The summed E-state index contributed by atoms with van der Waals surface area (Å²) in [5.41, 5.74) is 1.63. The SMILES string of the molecule is CCC(C(=O)NCc1cccnc1)N1C(=O)CC(c2ccc(Cl)cc2)NC1=O. The topological polar surface area (TPSA) is 91.4 Å². The van der Waals surface area contributed by atoms with E-state index >= 15 is 0 Å². The molecule has 1 aliphatic rings. The number of amides is 4. The molecule has 1 aromatic heterocycles. The molecule has 28 heavy (non-hydrogen) atoms. The van der Waals surface area contributed by atoms with Crippen molar-refractivity contribution in [1.29, 1.82) is 0 Å². The minimum absolute atomic E-state index is 0.0831. The van der Waals surface area contributed by atoms with Crippen LogP contribution in [0.1, 0.15) is 36.9 Å². The Morgan fingerprint density at radius 2 is 2.07 bits per heavy atom. The zero-order valence-corrected chi connectivity index (χ0v) is 16.1. The van der Waals surface area contributed by atoms with Gasteiger partial charge in [-0.05, 0) is 35.7 Å². The molecule has 2 aromatic rings. The Morgan fingerprint density at radius 3 is 2.68 bits per heavy atom. The number of halogens is 1. The monoisotopic (exact) mass is 400 g/mol. The summed E-state index contributed by atoms with van der Waals surface area (Å²) in [6.07, 6.45) is 3.70. The number of hydrogen-bond acceptors (Lipinski definition) is 4. The molecule has 2 unspecified atom stereocenters. The Morgan fingerprint density at radius 1 is 1.32 bits per heavy atom. The second kappa shape index (κ2) is 8.84. The number of carbonyl (C=O) groups excluding carboxylic acids is 3. The molecule has 2 atom stereocenters. The second-order valence-electron chi connectivity index (χ2n) is 6.52. The lowest BCUT2D eigenvalue weighted by Crippen LogP contribution is -2.59. The molecule has 1 saturated heterocycles. The van der Waals surface area contributed by atoms with Crippen molar-refractivity contribution in [3.63, 3.8) is 0 Å². The normalized spacial score (nSPS) is 17.8. The van der Waals surface area contributed by atoms with Crippen LogP contribution in [0, 0.1) is 0 Å². The van der Waals surface area contributed by atoms with Gasteiger partial charge in [0.2, 0.25) is 11.8 Å². The van der Waals surface area contributed by atoms with Crippen LogP contribution >= 0.6 is 11.6 Å². The Labute approximate surface area is 168 Å². The Bertz CT molecular complexity index is 840.